The molecular formula is C6H4ClO2-. The number of hydrogen-bond acceptors (Lipinski definition) is 2. The van der Waals surface area contributed by atoms with Crippen LogP contribution in [0.15, 0.2) is 18.2 Å². The van der Waals surface area contributed by atoms with E-state index >= 15 is 0 Å². The molecule has 0 atom stereocenters. The maximum absolute atomic E-state index is 10.5. The first-order chi connectivity index (χ1) is 4.20. The Labute approximate surface area is 57.3 Å². The largest absolute Gasteiger partial charge is 0.871 e. The smallest absolute Gasteiger partial charge is 0.115 e. The number of phenols is 1. The van der Waals surface area contributed by atoms with Crippen LogP contribution in [-0.4, -0.2) is 5.11 Å². The van der Waals surface area contributed by atoms with E-state index in [1.807, 2.05) is 0 Å². The molecule has 0 aliphatic rings. The monoisotopic (exact) mass is 143 g/mol. The van der Waals surface area contributed by atoms with Crippen molar-refractivity contribution in [3.63, 3.8) is 0 Å². The number of rotatable bonds is 0. The van der Waals surface area contributed by atoms with Gasteiger partial charge in [-0.25, -0.2) is 0 Å². The molecule has 0 unspecified atom stereocenters. The van der Waals surface area contributed by atoms with Gasteiger partial charge < -0.3 is 10.2 Å². The number of phenolic OH excluding ortho intramolecular Hbond substituents is 1. The van der Waals surface area contributed by atoms with E-state index in [4.69, 9.17) is 16.7 Å². The van der Waals surface area contributed by atoms with Gasteiger partial charge in [-0.2, -0.15) is 0 Å². The van der Waals surface area contributed by atoms with Crippen LogP contribution in [-0.2, 0) is 0 Å². The van der Waals surface area contributed by atoms with Gasteiger partial charge in [-0.3, -0.25) is 0 Å². The molecule has 0 amide bonds. The summed E-state index contributed by atoms with van der Waals surface area (Å²) in [6.45, 7) is 0. The van der Waals surface area contributed by atoms with Gasteiger partial charge >= 0.3 is 0 Å². The molecule has 48 valence electrons. The summed E-state index contributed by atoms with van der Waals surface area (Å²) in [7, 11) is 0. The molecule has 0 aliphatic heterocycles. The van der Waals surface area contributed by atoms with Crippen molar-refractivity contribution in [1.29, 1.82) is 0 Å². The topological polar surface area (TPSA) is 43.3 Å². The van der Waals surface area contributed by atoms with Crippen LogP contribution in [0.25, 0.3) is 0 Å². The lowest BCUT2D eigenvalue weighted by Gasteiger charge is -2.06. The van der Waals surface area contributed by atoms with E-state index in [9.17, 15) is 5.11 Å². The molecule has 0 aromatic heterocycles. The van der Waals surface area contributed by atoms with Crippen molar-refractivity contribution in [1.82, 2.24) is 0 Å². The van der Waals surface area contributed by atoms with Crippen LogP contribution in [0.1, 0.15) is 0 Å². The lowest BCUT2D eigenvalue weighted by atomic mass is 10.3. The summed E-state index contributed by atoms with van der Waals surface area (Å²) in [5.41, 5.74) is 0. The van der Waals surface area contributed by atoms with Gasteiger partial charge in [-0.1, -0.05) is 17.4 Å². The fourth-order valence-corrected chi connectivity index (χ4v) is 0.610. The average molecular weight is 144 g/mol. The molecule has 2 nitrogen and oxygen atoms in total. The van der Waals surface area contributed by atoms with Gasteiger partial charge in [-0.15, -0.1) is 0 Å². The standard InChI is InChI=1S/C6H5ClO2/c7-5-2-1-4(8)3-6(5)9/h1-3,8-9H/p-1. The summed E-state index contributed by atoms with van der Waals surface area (Å²) >= 11 is 5.36. The summed E-state index contributed by atoms with van der Waals surface area (Å²) in [4.78, 5) is 0. The van der Waals surface area contributed by atoms with E-state index in [1.54, 1.807) is 0 Å². The van der Waals surface area contributed by atoms with Crippen molar-refractivity contribution in [2.45, 2.75) is 0 Å². The predicted octanol–water partition coefficient (Wildman–Crippen LogP) is 1.12. The molecule has 1 N–H and O–H groups in total. The molecule has 0 heterocycles. The molecule has 0 fully saturated rings. The zero-order chi connectivity index (χ0) is 6.85. The van der Waals surface area contributed by atoms with E-state index in [0.29, 0.717) is 0 Å². The second kappa shape index (κ2) is 2.15. The first kappa shape index (κ1) is 6.23. The molecule has 0 saturated carbocycles. The third kappa shape index (κ3) is 1.27. The Bertz CT molecular complexity index is 222. The fraction of sp³-hybridized carbons (Fsp3) is 0. The second-order valence-electron chi connectivity index (χ2n) is 1.61. The minimum atomic E-state index is -0.350. The lowest BCUT2D eigenvalue weighted by Crippen LogP contribution is -1.88. The van der Waals surface area contributed by atoms with Gasteiger partial charge in [0.15, 0.2) is 0 Å². The van der Waals surface area contributed by atoms with E-state index in [2.05, 4.69) is 0 Å². The Morgan fingerprint density at radius 1 is 1.44 bits per heavy atom. The van der Waals surface area contributed by atoms with Crippen molar-refractivity contribution >= 4 is 11.6 Å². The van der Waals surface area contributed by atoms with Gasteiger partial charge in [-0.05, 0) is 18.2 Å². The van der Waals surface area contributed by atoms with Crippen molar-refractivity contribution < 1.29 is 10.2 Å². The summed E-state index contributed by atoms with van der Waals surface area (Å²) < 4.78 is 0. The molecule has 0 aliphatic carbocycles. The highest BCUT2D eigenvalue weighted by Gasteiger charge is 1.88. The highest BCUT2D eigenvalue weighted by Crippen LogP contribution is 2.23. The lowest BCUT2D eigenvalue weighted by molar-refractivity contribution is -0.268. The van der Waals surface area contributed by atoms with E-state index in [-0.39, 0.29) is 16.5 Å². The van der Waals surface area contributed by atoms with Gasteiger partial charge in [0.1, 0.15) is 5.75 Å². The first-order valence-corrected chi connectivity index (χ1v) is 2.73. The molecule has 1 rings (SSSR count). The number of hydrogen-bond donors (Lipinski definition) is 1. The number of benzene rings is 1. The number of halogens is 1. The zero-order valence-corrected chi connectivity index (χ0v) is 5.22. The van der Waals surface area contributed by atoms with Crippen LogP contribution < -0.4 is 5.11 Å². The molecular weight excluding hydrogens is 140 g/mol. The van der Waals surface area contributed by atoms with Crippen LogP contribution in [0.5, 0.6) is 11.5 Å². The second-order valence-corrected chi connectivity index (χ2v) is 2.02. The van der Waals surface area contributed by atoms with Crippen molar-refractivity contribution in [3.8, 4) is 11.5 Å². The van der Waals surface area contributed by atoms with Crippen LogP contribution in [0, 0.1) is 0 Å². The van der Waals surface area contributed by atoms with Crippen LogP contribution >= 0.6 is 11.6 Å². The van der Waals surface area contributed by atoms with E-state index in [1.165, 1.54) is 12.1 Å². The molecule has 0 spiro atoms. The minimum Gasteiger partial charge on any atom is -0.871 e. The molecule has 3 heteroatoms. The Balaban J connectivity index is 3.17. The van der Waals surface area contributed by atoms with E-state index < -0.39 is 0 Å². The Morgan fingerprint density at radius 2 is 2.11 bits per heavy atom. The predicted molar refractivity (Wildman–Crippen MR) is 32.6 cm³/mol. The third-order valence-corrected chi connectivity index (χ3v) is 1.23. The maximum Gasteiger partial charge on any atom is 0.115 e. The Morgan fingerprint density at radius 3 is 2.56 bits per heavy atom. The van der Waals surface area contributed by atoms with Crippen LogP contribution in [0.2, 0.25) is 5.02 Å². The highest BCUT2D eigenvalue weighted by molar-refractivity contribution is 6.31. The van der Waals surface area contributed by atoms with Crippen LogP contribution in [0.3, 0.4) is 0 Å². The van der Waals surface area contributed by atoms with Crippen molar-refractivity contribution in [2.75, 3.05) is 0 Å². The third-order valence-electron chi connectivity index (χ3n) is 0.915. The first-order valence-electron chi connectivity index (χ1n) is 2.35. The highest BCUT2D eigenvalue weighted by atomic mass is 35.5. The molecule has 0 bridgehead atoms. The van der Waals surface area contributed by atoms with Gasteiger partial charge in [0.05, 0.1) is 0 Å². The molecule has 1 aromatic carbocycles. The van der Waals surface area contributed by atoms with Crippen molar-refractivity contribution in [2.24, 2.45) is 0 Å². The Hall–Kier alpha value is -0.890. The average Bonchev–Trinajstić information content (AvgIpc) is 1.80. The van der Waals surface area contributed by atoms with Crippen LogP contribution in [0.4, 0.5) is 0 Å². The van der Waals surface area contributed by atoms with Gasteiger partial charge in [0, 0.05) is 5.02 Å². The quantitative estimate of drug-likeness (QED) is 0.592. The number of aromatic hydroxyl groups is 1. The fourth-order valence-electron chi connectivity index (χ4n) is 0.492. The molecule has 0 saturated heterocycles. The summed E-state index contributed by atoms with van der Waals surface area (Å²) in [5, 5.41) is 19.4. The SMILES string of the molecule is [O-]c1cc(O)ccc1Cl. The summed E-state index contributed by atoms with van der Waals surface area (Å²) in [6, 6.07) is 3.80. The normalized spacial score (nSPS) is 9.44. The molecule has 1 aromatic rings. The minimum absolute atomic E-state index is 0.0515. The molecule has 9 heavy (non-hydrogen) atoms. The van der Waals surface area contributed by atoms with E-state index in [0.717, 1.165) is 6.07 Å². The molecule has 0 radical (unpaired) electrons. The van der Waals surface area contributed by atoms with Gasteiger partial charge in [0.25, 0.3) is 0 Å². The Kier molecular flexibility index (Phi) is 1.49. The van der Waals surface area contributed by atoms with Gasteiger partial charge in [0.2, 0.25) is 0 Å². The maximum atomic E-state index is 10.5. The summed E-state index contributed by atoms with van der Waals surface area (Å²) in [5.74, 6) is -0.402. The zero-order valence-electron chi connectivity index (χ0n) is 4.47. The summed E-state index contributed by atoms with van der Waals surface area (Å²) in [6.07, 6.45) is 0. The van der Waals surface area contributed by atoms with Crippen molar-refractivity contribution in [3.05, 3.63) is 23.2 Å².